The second-order valence-electron chi connectivity index (χ2n) is 5.41. The number of amides is 1. The lowest BCUT2D eigenvalue weighted by molar-refractivity contribution is -0.128. The molecule has 1 aromatic heterocycles. The summed E-state index contributed by atoms with van der Waals surface area (Å²) >= 11 is 0. The topological polar surface area (TPSA) is 49.3 Å². The van der Waals surface area contributed by atoms with E-state index in [0.29, 0.717) is 26.2 Å². The highest BCUT2D eigenvalue weighted by Gasteiger charge is 2.25. The Morgan fingerprint density at radius 1 is 1.27 bits per heavy atom. The number of carbonyl (C=O) groups is 1. The van der Waals surface area contributed by atoms with Gasteiger partial charge >= 0.3 is 0 Å². The number of rotatable bonds is 5. The second-order valence-corrected chi connectivity index (χ2v) is 5.41. The zero-order valence-corrected chi connectivity index (χ0v) is 13.3. The van der Waals surface area contributed by atoms with Crippen LogP contribution >= 0.6 is 0 Å². The lowest BCUT2D eigenvalue weighted by Crippen LogP contribution is -2.49. The van der Waals surface area contributed by atoms with Gasteiger partial charge in [-0.3, -0.25) is 4.79 Å². The van der Waals surface area contributed by atoms with Gasteiger partial charge in [0.05, 0.1) is 0 Å². The van der Waals surface area contributed by atoms with Crippen LogP contribution in [0.5, 0.6) is 0 Å². The van der Waals surface area contributed by atoms with Crippen molar-refractivity contribution in [2.75, 3.05) is 31.1 Å². The zero-order chi connectivity index (χ0) is 16.1. The molecule has 2 heterocycles. The second kappa shape index (κ2) is 7.33. The molecule has 5 nitrogen and oxygen atoms in total. The number of anilines is 1. The fraction of sp³-hybridized carbons (Fsp3) is 0.562. The maximum atomic E-state index is 12.9. The van der Waals surface area contributed by atoms with Crippen molar-refractivity contribution in [1.29, 1.82) is 0 Å². The van der Waals surface area contributed by atoms with Crippen LogP contribution < -0.4 is 4.90 Å². The Morgan fingerprint density at radius 3 is 2.50 bits per heavy atom. The first-order valence-electron chi connectivity index (χ1n) is 7.79. The highest BCUT2D eigenvalue weighted by atomic mass is 19.1. The van der Waals surface area contributed by atoms with Crippen LogP contribution in [0.1, 0.15) is 31.5 Å². The summed E-state index contributed by atoms with van der Waals surface area (Å²) < 4.78 is 12.9. The molecule has 0 spiro atoms. The minimum Gasteiger partial charge on any atom is -0.353 e. The molecule has 1 amide bonds. The average molecular weight is 306 g/mol. The van der Waals surface area contributed by atoms with Crippen LogP contribution in [0.4, 0.5) is 10.2 Å². The molecule has 2 rings (SSSR count). The van der Waals surface area contributed by atoms with Crippen molar-refractivity contribution in [3.63, 3.8) is 0 Å². The van der Waals surface area contributed by atoms with Crippen molar-refractivity contribution in [3.05, 3.63) is 30.0 Å². The molecule has 120 valence electrons. The Morgan fingerprint density at radius 2 is 1.95 bits per heavy atom. The maximum absolute atomic E-state index is 12.9. The molecular formula is C16H23FN4O. The summed E-state index contributed by atoms with van der Waals surface area (Å²) in [4.78, 5) is 24.1. The summed E-state index contributed by atoms with van der Waals surface area (Å²) in [5, 5.41) is 0. The molecule has 0 radical (unpaired) electrons. The van der Waals surface area contributed by atoms with E-state index in [4.69, 9.17) is 0 Å². The van der Waals surface area contributed by atoms with Gasteiger partial charge in [-0.25, -0.2) is 14.4 Å². The SMILES string of the molecule is C=C(F)C(=O)N1CCN(c2ncnc(CC)c2CCC)CC1. The molecule has 0 saturated carbocycles. The summed E-state index contributed by atoms with van der Waals surface area (Å²) in [5.74, 6) is -0.541. The van der Waals surface area contributed by atoms with Gasteiger partial charge in [0, 0.05) is 37.4 Å². The van der Waals surface area contributed by atoms with Gasteiger partial charge in [-0.15, -0.1) is 0 Å². The minimum atomic E-state index is -0.893. The van der Waals surface area contributed by atoms with Crippen molar-refractivity contribution in [1.82, 2.24) is 14.9 Å². The van der Waals surface area contributed by atoms with Crippen LogP contribution in [0.3, 0.4) is 0 Å². The number of piperazine rings is 1. The Hall–Kier alpha value is -1.98. The summed E-state index contributed by atoms with van der Waals surface area (Å²) in [7, 11) is 0. The summed E-state index contributed by atoms with van der Waals surface area (Å²) in [6.45, 7) is 9.57. The largest absolute Gasteiger partial charge is 0.353 e. The Kier molecular flexibility index (Phi) is 5.46. The van der Waals surface area contributed by atoms with E-state index in [0.717, 1.165) is 30.8 Å². The lowest BCUT2D eigenvalue weighted by atomic mass is 10.1. The van der Waals surface area contributed by atoms with Gasteiger partial charge in [-0.05, 0) is 12.8 Å². The van der Waals surface area contributed by atoms with E-state index in [1.54, 1.807) is 6.33 Å². The van der Waals surface area contributed by atoms with E-state index in [1.165, 1.54) is 10.5 Å². The number of halogens is 1. The number of nitrogens with zero attached hydrogens (tertiary/aromatic N) is 4. The predicted molar refractivity (Wildman–Crippen MR) is 84.4 cm³/mol. The van der Waals surface area contributed by atoms with Crippen molar-refractivity contribution in [2.24, 2.45) is 0 Å². The molecule has 0 bridgehead atoms. The Bertz CT molecular complexity index is 553. The Labute approximate surface area is 130 Å². The first-order valence-corrected chi connectivity index (χ1v) is 7.79. The fourth-order valence-corrected chi connectivity index (χ4v) is 2.81. The summed E-state index contributed by atoms with van der Waals surface area (Å²) in [5.41, 5.74) is 2.28. The normalized spacial score (nSPS) is 15.0. The third kappa shape index (κ3) is 3.43. The lowest BCUT2D eigenvalue weighted by Gasteiger charge is -2.36. The number of hydrogen-bond acceptors (Lipinski definition) is 4. The highest BCUT2D eigenvalue weighted by molar-refractivity contribution is 5.90. The molecular weight excluding hydrogens is 283 g/mol. The van der Waals surface area contributed by atoms with E-state index >= 15 is 0 Å². The molecule has 0 aromatic carbocycles. The monoisotopic (exact) mass is 306 g/mol. The molecule has 1 saturated heterocycles. The Balaban J connectivity index is 2.14. The molecule has 0 atom stereocenters. The predicted octanol–water partition coefficient (Wildman–Crippen LogP) is 2.12. The number of aromatic nitrogens is 2. The third-order valence-electron chi connectivity index (χ3n) is 3.95. The standard InChI is InChI=1S/C16H23FN4O/c1-4-6-13-14(5-2)18-11-19-15(13)20-7-9-21(10-8-20)16(22)12(3)17/h11H,3-10H2,1-2H3. The van der Waals surface area contributed by atoms with Gasteiger partial charge < -0.3 is 9.80 Å². The minimum absolute atomic E-state index is 0.485. The van der Waals surface area contributed by atoms with Crippen LogP contribution in [0.2, 0.25) is 0 Å². The van der Waals surface area contributed by atoms with E-state index < -0.39 is 11.7 Å². The molecule has 0 unspecified atom stereocenters. The number of aryl methyl sites for hydroxylation is 1. The van der Waals surface area contributed by atoms with Crippen LogP contribution in [0.15, 0.2) is 18.7 Å². The van der Waals surface area contributed by atoms with Crippen LogP contribution in [0.25, 0.3) is 0 Å². The summed E-state index contributed by atoms with van der Waals surface area (Å²) in [6, 6.07) is 0. The van der Waals surface area contributed by atoms with Crippen molar-refractivity contribution in [2.45, 2.75) is 33.1 Å². The van der Waals surface area contributed by atoms with Gasteiger partial charge in [0.25, 0.3) is 5.91 Å². The van der Waals surface area contributed by atoms with Gasteiger partial charge in [-0.1, -0.05) is 26.8 Å². The van der Waals surface area contributed by atoms with Gasteiger partial charge in [-0.2, -0.15) is 0 Å². The fourth-order valence-electron chi connectivity index (χ4n) is 2.81. The van der Waals surface area contributed by atoms with Gasteiger partial charge in [0.1, 0.15) is 12.1 Å². The number of hydrogen-bond donors (Lipinski definition) is 0. The maximum Gasteiger partial charge on any atom is 0.282 e. The summed E-state index contributed by atoms with van der Waals surface area (Å²) in [6.07, 6.45) is 4.46. The van der Waals surface area contributed by atoms with E-state index in [-0.39, 0.29) is 0 Å². The molecule has 0 N–H and O–H groups in total. The molecule has 1 aliphatic heterocycles. The molecule has 1 aromatic rings. The molecule has 6 heteroatoms. The van der Waals surface area contributed by atoms with Crippen LogP contribution in [-0.4, -0.2) is 47.0 Å². The first-order chi connectivity index (χ1) is 10.6. The van der Waals surface area contributed by atoms with Crippen LogP contribution in [0, 0.1) is 0 Å². The van der Waals surface area contributed by atoms with Crippen molar-refractivity contribution in [3.8, 4) is 0 Å². The molecule has 0 aliphatic carbocycles. The van der Waals surface area contributed by atoms with Crippen molar-refractivity contribution >= 4 is 11.7 Å². The molecule has 1 aliphatic rings. The van der Waals surface area contributed by atoms with E-state index in [9.17, 15) is 9.18 Å². The van der Waals surface area contributed by atoms with Crippen LogP contribution in [-0.2, 0) is 17.6 Å². The molecule has 22 heavy (non-hydrogen) atoms. The molecule has 1 fully saturated rings. The average Bonchev–Trinajstić information content (AvgIpc) is 2.54. The number of carbonyl (C=O) groups excluding carboxylic acids is 1. The van der Waals surface area contributed by atoms with E-state index in [1.807, 2.05) is 0 Å². The van der Waals surface area contributed by atoms with Gasteiger partial charge in [0.2, 0.25) is 0 Å². The van der Waals surface area contributed by atoms with Gasteiger partial charge in [0.15, 0.2) is 5.83 Å². The third-order valence-corrected chi connectivity index (χ3v) is 3.95. The smallest absolute Gasteiger partial charge is 0.282 e. The van der Waals surface area contributed by atoms with Crippen molar-refractivity contribution < 1.29 is 9.18 Å². The zero-order valence-electron chi connectivity index (χ0n) is 13.3. The first kappa shape index (κ1) is 16.4. The van der Waals surface area contributed by atoms with E-state index in [2.05, 4.69) is 35.3 Å². The highest BCUT2D eigenvalue weighted by Crippen LogP contribution is 2.23. The quantitative estimate of drug-likeness (QED) is 0.782.